The van der Waals surface area contributed by atoms with Gasteiger partial charge in [0, 0.05) is 40.7 Å². The van der Waals surface area contributed by atoms with Crippen molar-refractivity contribution in [2.24, 2.45) is 5.73 Å². The summed E-state index contributed by atoms with van der Waals surface area (Å²) in [5.74, 6) is 0.338. The summed E-state index contributed by atoms with van der Waals surface area (Å²) in [5.41, 5.74) is 10.0. The Hall–Kier alpha value is -3.78. The maximum atomic E-state index is 14.1. The summed E-state index contributed by atoms with van der Waals surface area (Å²) < 4.78 is 21.7. The van der Waals surface area contributed by atoms with Crippen molar-refractivity contribution in [3.05, 3.63) is 82.4 Å². The predicted molar refractivity (Wildman–Crippen MR) is 119 cm³/mol. The molecule has 0 unspecified atom stereocenters. The minimum absolute atomic E-state index is 0.273. The van der Waals surface area contributed by atoms with Gasteiger partial charge >= 0.3 is 0 Å². The van der Waals surface area contributed by atoms with E-state index in [1.807, 2.05) is 23.6 Å². The number of rotatable bonds is 5. The number of nitrogens with two attached hydrogens (primary N) is 1. The van der Waals surface area contributed by atoms with Gasteiger partial charge in [-0.25, -0.2) is 9.37 Å². The number of hydrogen-bond donors (Lipinski definition) is 2. The van der Waals surface area contributed by atoms with Gasteiger partial charge in [-0.2, -0.15) is 4.98 Å². The second-order valence-electron chi connectivity index (χ2n) is 7.77. The standard InChI is InChI=1S/C24H22FN5O2/c1-14-11-17-16(22(26)31)6-4-8-21(17)30(14)24-28-20-9-10-32-13-18(20)23(29-24)27-12-15-5-2-3-7-19(15)25/h2-8,11H,9-10,12-13H2,1H3,(H2,26,31)(H,27,28,29). The molecule has 0 saturated carbocycles. The van der Waals surface area contributed by atoms with E-state index in [0.29, 0.717) is 42.5 Å². The summed E-state index contributed by atoms with van der Waals surface area (Å²) in [7, 11) is 0. The number of amides is 1. The zero-order valence-electron chi connectivity index (χ0n) is 17.6. The monoisotopic (exact) mass is 431 g/mol. The number of nitrogens with one attached hydrogen (secondary N) is 1. The minimum atomic E-state index is -0.483. The van der Waals surface area contributed by atoms with Crippen LogP contribution in [-0.4, -0.2) is 27.0 Å². The first kappa shape index (κ1) is 20.1. The Morgan fingerprint density at radius 2 is 2.06 bits per heavy atom. The first-order chi connectivity index (χ1) is 15.5. The Balaban J connectivity index is 1.62. The molecule has 1 aliphatic heterocycles. The van der Waals surface area contributed by atoms with E-state index in [1.165, 1.54) is 6.07 Å². The number of carbonyl (C=O) groups is 1. The third kappa shape index (κ3) is 3.48. The van der Waals surface area contributed by atoms with Gasteiger partial charge in [0.1, 0.15) is 11.6 Å². The molecule has 5 rings (SSSR count). The number of aromatic nitrogens is 3. The molecule has 8 heteroatoms. The lowest BCUT2D eigenvalue weighted by molar-refractivity contribution is 0.100. The van der Waals surface area contributed by atoms with Gasteiger partial charge in [-0.05, 0) is 31.2 Å². The first-order valence-corrected chi connectivity index (χ1v) is 10.4. The quantitative estimate of drug-likeness (QED) is 0.503. The maximum absolute atomic E-state index is 14.1. The molecular weight excluding hydrogens is 409 g/mol. The van der Waals surface area contributed by atoms with E-state index < -0.39 is 5.91 Å². The van der Waals surface area contributed by atoms with Crippen molar-refractivity contribution in [1.29, 1.82) is 0 Å². The Kier molecular flexibility index (Phi) is 5.07. The number of primary amides is 1. The second-order valence-corrected chi connectivity index (χ2v) is 7.77. The highest BCUT2D eigenvalue weighted by Crippen LogP contribution is 2.29. The van der Waals surface area contributed by atoms with E-state index in [4.69, 9.17) is 20.4 Å². The molecular formula is C24H22FN5O2. The number of fused-ring (bicyclic) bond motifs is 2. The van der Waals surface area contributed by atoms with Gasteiger partial charge in [0.25, 0.3) is 0 Å². The van der Waals surface area contributed by atoms with Crippen molar-refractivity contribution >= 4 is 22.6 Å². The van der Waals surface area contributed by atoms with Crippen LogP contribution in [0.15, 0.2) is 48.5 Å². The number of halogens is 1. The number of benzene rings is 2. The topological polar surface area (TPSA) is 95.1 Å². The smallest absolute Gasteiger partial charge is 0.249 e. The third-order valence-corrected chi connectivity index (χ3v) is 5.71. The van der Waals surface area contributed by atoms with Crippen molar-refractivity contribution in [2.45, 2.75) is 26.5 Å². The predicted octanol–water partition coefficient (Wildman–Crippen LogP) is 3.65. The van der Waals surface area contributed by atoms with Gasteiger partial charge in [0.05, 0.1) is 24.4 Å². The number of hydrogen-bond acceptors (Lipinski definition) is 5. The highest BCUT2D eigenvalue weighted by Gasteiger charge is 2.21. The van der Waals surface area contributed by atoms with Crippen LogP contribution >= 0.6 is 0 Å². The van der Waals surface area contributed by atoms with Gasteiger partial charge < -0.3 is 15.8 Å². The molecule has 0 atom stereocenters. The molecule has 0 spiro atoms. The van der Waals surface area contributed by atoms with Crippen LogP contribution in [0.2, 0.25) is 0 Å². The van der Waals surface area contributed by atoms with Crippen LogP contribution in [0.25, 0.3) is 16.9 Å². The number of nitrogens with zero attached hydrogens (tertiary/aromatic N) is 3. The SMILES string of the molecule is Cc1cc2c(C(N)=O)cccc2n1-c1nc2c(c(NCc3ccccc3F)n1)COCC2. The molecule has 2 aromatic heterocycles. The highest BCUT2D eigenvalue weighted by molar-refractivity contribution is 6.06. The fourth-order valence-corrected chi connectivity index (χ4v) is 4.13. The van der Waals surface area contributed by atoms with Crippen LogP contribution in [-0.2, 0) is 24.3 Å². The second kappa shape index (κ2) is 8.05. The van der Waals surface area contributed by atoms with Crippen molar-refractivity contribution in [3.8, 4) is 5.95 Å². The Bertz CT molecular complexity index is 1350. The van der Waals surface area contributed by atoms with Gasteiger partial charge in [0.15, 0.2) is 0 Å². The van der Waals surface area contributed by atoms with Crippen molar-refractivity contribution < 1.29 is 13.9 Å². The van der Waals surface area contributed by atoms with Gasteiger partial charge in [0.2, 0.25) is 11.9 Å². The normalized spacial score (nSPS) is 13.2. The lowest BCUT2D eigenvalue weighted by atomic mass is 10.1. The Labute approximate surface area is 184 Å². The molecule has 0 radical (unpaired) electrons. The van der Waals surface area contributed by atoms with E-state index in [2.05, 4.69) is 5.32 Å². The molecule has 2 aromatic carbocycles. The van der Waals surface area contributed by atoms with Crippen LogP contribution in [0.3, 0.4) is 0 Å². The number of aryl methyl sites for hydroxylation is 1. The molecule has 0 fully saturated rings. The molecule has 1 aliphatic rings. The van der Waals surface area contributed by atoms with E-state index in [1.54, 1.807) is 30.3 Å². The third-order valence-electron chi connectivity index (χ3n) is 5.71. The molecule has 0 bridgehead atoms. The van der Waals surface area contributed by atoms with Gasteiger partial charge in [-0.3, -0.25) is 9.36 Å². The van der Waals surface area contributed by atoms with Gasteiger partial charge in [-0.15, -0.1) is 0 Å². The van der Waals surface area contributed by atoms with E-state index in [-0.39, 0.29) is 12.4 Å². The van der Waals surface area contributed by atoms with Crippen LogP contribution < -0.4 is 11.1 Å². The van der Waals surface area contributed by atoms with Crippen molar-refractivity contribution in [2.75, 3.05) is 11.9 Å². The van der Waals surface area contributed by atoms with Crippen molar-refractivity contribution in [3.63, 3.8) is 0 Å². The van der Waals surface area contributed by atoms with E-state index >= 15 is 0 Å². The molecule has 1 amide bonds. The lowest BCUT2D eigenvalue weighted by Gasteiger charge is -2.21. The zero-order chi connectivity index (χ0) is 22.2. The van der Waals surface area contributed by atoms with Crippen molar-refractivity contribution in [1.82, 2.24) is 14.5 Å². The summed E-state index contributed by atoms with van der Waals surface area (Å²) in [5, 5.41) is 4.02. The highest BCUT2D eigenvalue weighted by atomic mass is 19.1. The fourth-order valence-electron chi connectivity index (χ4n) is 4.13. The average molecular weight is 431 g/mol. The van der Waals surface area contributed by atoms with E-state index in [0.717, 1.165) is 27.9 Å². The molecule has 3 N–H and O–H groups in total. The molecule has 3 heterocycles. The molecule has 4 aromatic rings. The largest absolute Gasteiger partial charge is 0.376 e. The molecule has 32 heavy (non-hydrogen) atoms. The van der Waals surface area contributed by atoms with Crippen LogP contribution in [0.4, 0.5) is 10.2 Å². The Morgan fingerprint density at radius 1 is 1.22 bits per heavy atom. The van der Waals surface area contributed by atoms with Crippen LogP contribution in [0.1, 0.15) is 32.9 Å². The first-order valence-electron chi connectivity index (χ1n) is 10.4. The fraction of sp³-hybridized carbons (Fsp3) is 0.208. The summed E-state index contributed by atoms with van der Waals surface area (Å²) in [6.07, 6.45) is 0.657. The molecule has 162 valence electrons. The summed E-state index contributed by atoms with van der Waals surface area (Å²) in [6, 6.07) is 14.0. The van der Waals surface area contributed by atoms with Crippen LogP contribution in [0, 0.1) is 12.7 Å². The van der Waals surface area contributed by atoms with Crippen LogP contribution in [0.5, 0.6) is 0 Å². The summed E-state index contributed by atoms with van der Waals surface area (Å²) in [4.78, 5) is 21.5. The number of carbonyl (C=O) groups excluding carboxylic acids is 1. The number of ether oxygens (including phenoxy) is 1. The van der Waals surface area contributed by atoms with Gasteiger partial charge in [-0.1, -0.05) is 24.3 Å². The minimum Gasteiger partial charge on any atom is -0.376 e. The molecule has 7 nitrogen and oxygen atoms in total. The Morgan fingerprint density at radius 3 is 2.88 bits per heavy atom. The maximum Gasteiger partial charge on any atom is 0.249 e. The number of anilines is 1. The molecule has 0 aliphatic carbocycles. The zero-order valence-corrected chi connectivity index (χ0v) is 17.6. The lowest BCUT2D eigenvalue weighted by Crippen LogP contribution is -2.19. The van der Waals surface area contributed by atoms with E-state index in [9.17, 15) is 9.18 Å². The summed E-state index contributed by atoms with van der Waals surface area (Å²) in [6.45, 7) is 3.19. The average Bonchev–Trinajstić information content (AvgIpc) is 3.13. The summed E-state index contributed by atoms with van der Waals surface area (Å²) >= 11 is 0. The molecule has 0 saturated heterocycles.